The van der Waals surface area contributed by atoms with E-state index in [1.807, 2.05) is 23.7 Å². The molecule has 134 valence electrons. The van der Waals surface area contributed by atoms with E-state index in [2.05, 4.69) is 34.4 Å². The number of carbonyl (C=O) groups is 1. The molecule has 1 N–H and O–H groups in total. The van der Waals surface area contributed by atoms with Crippen molar-refractivity contribution >= 4 is 5.91 Å². The van der Waals surface area contributed by atoms with Crippen molar-refractivity contribution in [1.29, 1.82) is 0 Å². The fourth-order valence-electron chi connectivity index (χ4n) is 3.36. The van der Waals surface area contributed by atoms with Crippen molar-refractivity contribution in [2.75, 3.05) is 26.2 Å². The number of amides is 1. The van der Waals surface area contributed by atoms with Gasteiger partial charge in [-0.1, -0.05) is 24.1 Å². The lowest BCUT2D eigenvalue weighted by Crippen LogP contribution is -2.33. The second-order valence-corrected chi connectivity index (χ2v) is 6.90. The predicted octanol–water partition coefficient (Wildman–Crippen LogP) is 3.09. The van der Waals surface area contributed by atoms with Crippen LogP contribution < -0.4 is 5.32 Å². The van der Waals surface area contributed by atoms with Crippen molar-refractivity contribution in [1.82, 2.24) is 20.0 Å². The molecule has 2 aromatic rings. The molecular formula is C20H28N4O. The molecule has 1 aromatic heterocycles. The quantitative estimate of drug-likeness (QED) is 0.822. The minimum atomic E-state index is -0.0329. The van der Waals surface area contributed by atoms with E-state index in [0.29, 0.717) is 12.1 Å². The van der Waals surface area contributed by atoms with Crippen molar-refractivity contribution in [2.24, 2.45) is 0 Å². The van der Waals surface area contributed by atoms with Crippen LogP contribution in [0.2, 0.25) is 0 Å². The molecule has 1 fully saturated rings. The summed E-state index contributed by atoms with van der Waals surface area (Å²) in [6.45, 7) is 8.19. The molecule has 0 unspecified atom stereocenters. The van der Waals surface area contributed by atoms with Gasteiger partial charge in [-0.3, -0.25) is 4.79 Å². The first-order chi connectivity index (χ1) is 12.1. The molecule has 5 nitrogen and oxygen atoms in total. The Bertz CT molecular complexity index is 699. The Morgan fingerprint density at radius 2 is 1.84 bits per heavy atom. The van der Waals surface area contributed by atoms with Crippen LogP contribution in [0, 0.1) is 13.8 Å². The molecule has 1 aliphatic heterocycles. The van der Waals surface area contributed by atoms with Gasteiger partial charge in [0, 0.05) is 6.54 Å². The summed E-state index contributed by atoms with van der Waals surface area (Å²) in [4.78, 5) is 14.9. The Morgan fingerprint density at radius 1 is 1.12 bits per heavy atom. The summed E-state index contributed by atoms with van der Waals surface area (Å²) in [6, 6.07) is 8.15. The number of carbonyl (C=O) groups excluding carboxylic acids is 1. The van der Waals surface area contributed by atoms with Crippen molar-refractivity contribution in [2.45, 2.75) is 39.5 Å². The smallest absolute Gasteiger partial charge is 0.254 e. The highest BCUT2D eigenvalue weighted by molar-refractivity contribution is 5.95. The first kappa shape index (κ1) is 17.7. The first-order valence-corrected chi connectivity index (χ1v) is 9.27. The van der Waals surface area contributed by atoms with Gasteiger partial charge in [-0.25, -0.2) is 4.68 Å². The second kappa shape index (κ2) is 8.30. The normalized spacial score (nSPS) is 15.3. The largest absolute Gasteiger partial charge is 0.352 e. The molecular weight excluding hydrogens is 312 g/mol. The minimum Gasteiger partial charge on any atom is -0.352 e. The highest BCUT2D eigenvalue weighted by Crippen LogP contribution is 2.15. The first-order valence-electron chi connectivity index (χ1n) is 9.27. The van der Waals surface area contributed by atoms with E-state index in [1.54, 1.807) is 6.20 Å². The standard InChI is InChI=1S/C20H28N4O/c1-16-7-9-18(10-8-16)24-17(2)19(15-22-24)20(25)21-11-6-14-23-12-4-3-5-13-23/h7-10,15H,3-6,11-14H2,1-2H3,(H,21,25). The Hall–Kier alpha value is -2.14. The van der Waals surface area contributed by atoms with E-state index in [4.69, 9.17) is 0 Å². The molecule has 3 rings (SSSR count). The zero-order valence-electron chi connectivity index (χ0n) is 15.3. The number of likely N-dealkylation sites (tertiary alicyclic amines) is 1. The molecule has 0 radical (unpaired) electrons. The van der Waals surface area contributed by atoms with Gasteiger partial charge in [-0.2, -0.15) is 5.10 Å². The maximum atomic E-state index is 12.4. The van der Waals surface area contributed by atoms with E-state index in [-0.39, 0.29) is 5.91 Å². The van der Waals surface area contributed by atoms with E-state index in [9.17, 15) is 4.79 Å². The fraction of sp³-hybridized carbons (Fsp3) is 0.500. The number of aromatic nitrogens is 2. The number of nitrogens with zero attached hydrogens (tertiary/aromatic N) is 3. The maximum absolute atomic E-state index is 12.4. The number of benzene rings is 1. The van der Waals surface area contributed by atoms with E-state index >= 15 is 0 Å². The number of hydrogen-bond donors (Lipinski definition) is 1. The summed E-state index contributed by atoms with van der Waals surface area (Å²) < 4.78 is 1.82. The predicted molar refractivity (Wildman–Crippen MR) is 100 cm³/mol. The zero-order valence-corrected chi connectivity index (χ0v) is 15.3. The number of rotatable bonds is 6. The maximum Gasteiger partial charge on any atom is 0.254 e. The number of aryl methyl sites for hydroxylation is 1. The van der Waals surface area contributed by atoms with Gasteiger partial charge >= 0.3 is 0 Å². The van der Waals surface area contributed by atoms with E-state index in [1.165, 1.54) is 37.9 Å². The second-order valence-electron chi connectivity index (χ2n) is 6.90. The third-order valence-electron chi connectivity index (χ3n) is 4.92. The van der Waals surface area contributed by atoms with Crippen LogP contribution in [0.5, 0.6) is 0 Å². The zero-order chi connectivity index (χ0) is 17.6. The number of nitrogens with one attached hydrogen (secondary N) is 1. The van der Waals surface area contributed by atoms with Crippen molar-refractivity contribution in [3.05, 3.63) is 47.3 Å². The van der Waals surface area contributed by atoms with Crippen LogP contribution in [0.3, 0.4) is 0 Å². The average molecular weight is 340 g/mol. The summed E-state index contributed by atoms with van der Waals surface area (Å²) in [5.41, 5.74) is 3.71. The lowest BCUT2D eigenvalue weighted by Gasteiger charge is -2.26. The third kappa shape index (κ3) is 4.48. The summed E-state index contributed by atoms with van der Waals surface area (Å²) in [7, 11) is 0. The lowest BCUT2D eigenvalue weighted by molar-refractivity contribution is 0.0950. The van der Waals surface area contributed by atoms with Crippen LogP contribution >= 0.6 is 0 Å². The van der Waals surface area contributed by atoms with Gasteiger partial charge in [-0.15, -0.1) is 0 Å². The minimum absolute atomic E-state index is 0.0329. The molecule has 0 atom stereocenters. The van der Waals surface area contributed by atoms with Gasteiger partial charge < -0.3 is 10.2 Å². The Labute approximate surface area is 150 Å². The van der Waals surface area contributed by atoms with Crippen LogP contribution in [0.1, 0.15) is 47.3 Å². The Morgan fingerprint density at radius 3 is 2.56 bits per heavy atom. The summed E-state index contributed by atoms with van der Waals surface area (Å²) in [5.74, 6) is -0.0329. The van der Waals surface area contributed by atoms with Crippen molar-refractivity contribution in [3.8, 4) is 5.69 Å². The monoisotopic (exact) mass is 340 g/mol. The fourth-order valence-corrected chi connectivity index (χ4v) is 3.36. The topological polar surface area (TPSA) is 50.2 Å². The van der Waals surface area contributed by atoms with Crippen LogP contribution in [-0.4, -0.2) is 46.8 Å². The lowest BCUT2D eigenvalue weighted by atomic mass is 10.1. The van der Waals surface area contributed by atoms with Gasteiger partial charge in [0.15, 0.2) is 0 Å². The summed E-state index contributed by atoms with van der Waals surface area (Å²) in [6.07, 6.45) is 6.64. The summed E-state index contributed by atoms with van der Waals surface area (Å²) in [5, 5.41) is 7.42. The van der Waals surface area contributed by atoms with E-state index < -0.39 is 0 Å². The van der Waals surface area contributed by atoms with Crippen LogP contribution in [0.15, 0.2) is 30.5 Å². The number of piperidine rings is 1. The molecule has 1 saturated heterocycles. The van der Waals surface area contributed by atoms with Crippen LogP contribution in [-0.2, 0) is 0 Å². The molecule has 5 heteroatoms. The van der Waals surface area contributed by atoms with Gasteiger partial charge in [0.2, 0.25) is 0 Å². The van der Waals surface area contributed by atoms with Crippen LogP contribution in [0.25, 0.3) is 5.69 Å². The Kier molecular flexibility index (Phi) is 5.87. The molecule has 0 bridgehead atoms. The van der Waals surface area contributed by atoms with E-state index in [0.717, 1.165) is 24.3 Å². The SMILES string of the molecule is Cc1ccc(-n2ncc(C(=O)NCCCN3CCCCC3)c2C)cc1. The molecule has 0 aliphatic carbocycles. The molecule has 25 heavy (non-hydrogen) atoms. The molecule has 2 heterocycles. The Balaban J connectivity index is 1.53. The van der Waals surface area contributed by atoms with Gasteiger partial charge in [0.05, 0.1) is 23.1 Å². The highest BCUT2D eigenvalue weighted by atomic mass is 16.1. The molecule has 1 aromatic carbocycles. The van der Waals surface area contributed by atoms with Gasteiger partial charge in [0.1, 0.15) is 0 Å². The highest BCUT2D eigenvalue weighted by Gasteiger charge is 2.15. The molecule has 1 aliphatic rings. The molecule has 0 saturated carbocycles. The van der Waals surface area contributed by atoms with Gasteiger partial charge in [-0.05, 0) is 64.9 Å². The summed E-state index contributed by atoms with van der Waals surface area (Å²) >= 11 is 0. The number of hydrogen-bond acceptors (Lipinski definition) is 3. The molecule has 0 spiro atoms. The van der Waals surface area contributed by atoms with Crippen LogP contribution in [0.4, 0.5) is 0 Å². The third-order valence-corrected chi connectivity index (χ3v) is 4.92. The van der Waals surface area contributed by atoms with Gasteiger partial charge in [0.25, 0.3) is 5.91 Å². The van der Waals surface area contributed by atoms with Crippen molar-refractivity contribution < 1.29 is 4.79 Å². The average Bonchev–Trinajstić information content (AvgIpc) is 3.02. The molecule has 1 amide bonds. The van der Waals surface area contributed by atoms with Crippen molar-refractivity contribution in [3.63, 3.8) is 0 Å².